The summed E-state index contributed by atoms with van der Waals surface area (Å²) in [7, 11) is 1.73. The van der Waals surface area contributed by atoms with E-state index in [0.717, 1.165) is 13.0 Å². The molecule has 54 valence electrons. The minimum atomic E-state index is 0.413. The van der Waals surface area contributed by atoms with Gasteiger partial charge in [-0.1, -0.05) is 6.92 Å². The Hall–Kier alpha value is -0.0800. The number of hydrogen-bond acceptors (Lipinski definition) is 2. The van der Waals surface area contributed by atoms with Crippen molar-refractivity contribution in [2.24, 2.45) is 11.1 Å². The van der Waals surface area contributed by atoms with Crippen molar-refractivity contribution in [1.29, 1.82) is 0 Å². The summed E-state index contributed by atoms with van der Waals surface area (Å²) in [6.07, 6.45) is 2.29. The molecular formula is C7H15NO. The molecule has 2 unspecified atom stereocenters. The zero-order chi connectivity index (χ0) is 6.91. The molecule has 2 atom stereocenters. The Morgan fingerprint density at radius 1 is 1.78 bits per heavy atom. The zero-order valence-electron chi connectivity index (χ0n) is 6.18. The van der Waals surface area contributed by atoms with E-state index in [0.29, 0.717) is 11.5 Å². The van der Waals surface area contributed by atoms with Gasteiger partial charge in [-0.05, 0) is 18.3 Å². The minimum absolute atomic E-state index is 0.413. The summed E-state index contributed by atoms with van der Waals surface area (Å²) >= 11 is 0. The molecule has 1 aliphatic rings. The van der Waals surface area contributed by atoms with Gasteiger partial charge in [-0.3, -0.25) is 0 Å². The largest absolute Gasteiger partial charge is 0.385 e. The van der Waals surface area contributed by atoms with Crippen LogP contribution in [0.4, 0.5) is 0 Å². The lowest BCUT2D eigenvalue weighted by Crippen LogP contribution is -2.12. The maximum atomic E-state index is 5.69. The topological polar surface area (TPSA) is 35.2 Å². The first kappa shape index (κ1) is 7.03. The Morgan fingerprint density at radius 2 is 2.33 bits per heavy atom. The van der Waals surface area contributed by atoms with Crippen LogP contribution in [0.25, 0.3) is 0 Å². The number of rotatable bonds is 3. The number of methoxy groups -OCH3 is 1. The van der Waals surface area contributed by atoms with Crippen LogP contribution < -0.4 is 5.73 Å². The van der Waals surface area contributed by atoms with Crippen LogP contribution in [0.2, 0.25) is 0 Å². The van der Waals surface area contributed by atoms with Crippen LogP contribution in [0.1, 0.15) is 19.8 Å². The molecule has 1 rings (SSSR count). The van der Waals surface area contributed by atoms with Gasteiger partial charge in [-0.15, -0.1) is 0 Å². The molecule has 0 aromatic heterocycles. The van der Waals surface area contributed by atoms with E-state index < -0.39 is 0 Å². The van der Waals surface area contributed by atoms with Gasteiger partial charge in [0.05, 0.1) is 0 Å². The lowest BCUT2D eigenvalue weighted by atomic mass is 10.1. The van der Waals surface area contributed by atoms with E-state index in [2.05, 4.69) is 6.92 Å². The molecule has 0 aliphatic heterocycles. The third-order valence-electron chi connectivity index (χ3n) is 2.30. The van der Waals surface area contributed by atoms with E-state index >= 15 is 0 Å². The standard InChI is InChI=1S/C7H15NO/c1-7(3-4-9-2)5-6(7)8/h6H,3-5,8H2,1-2H3. The molecule has 0 aromatic carbocycles. The van der Waals surface area contributed by atoms with Crippen LogP contribution in [0, 0.1) is 5.41 Å². The average Bonchev–Trinajstić information content (AvgIpc) is 2.38. The molecule has 9 heavy (non-hydrogen) atoms. The quantitative estimate of drug-likeness (QED) is 0.610. The van der Waals surface area contributed by atoms with Gasteiger partial charge in [0.2, 0.25) is 0 Å². The second-order valence-corrected chi connectivity index (χ2v) is 3.21. The van der Waals surface area contributed by atoms with Gasteiger partial charge in [0.25, 0.3) is 0 Å². The van der Waals surface area contributed by atoms with Crippen molar-refractivity contribution in [2.45, 2.75) is 25.8 Å². The second-order valence-electron chi connectivity index (χ2n) is 3.21. The van der Waals surface area contributed by atoms with Crippen LogP contribution in [-0.4, -0.2) is 19.8 Å². The first-order chi connectivity index (χ1) is 4.19. The molecule has 0 radical (unpaired) electrons. The average molecular weight is 129 g/mol. The van der Waals surface area contributed by atoms with E-state index in [-0.39, 0.29) is 0 Å². The smallest absolute Gasteiger partial charge is 0.0468 e. The predicted octanol–water partition coefficient (Wildman–Crippen LogP) is 0.760. The maximum absolute atomic E-state index is 5.69. The van der Waals surface area contributed by atoms with Crippen molar-refractivity contribution in [1.82, 2.24) is 0 Å². The Bertz CT molecular complexity index is 105. The lowest BCUT2D eigenvalue weighted by Gasteiger charge is -2.06. The van der Waals surface area contributed by atoms with Gasteiger partial charge in [0.1, 0.15) is 0 Å². The van der Waals surface area contributed by atoms with Gasteiger partial charge in [-0.2, -0.15) is 0 Å². The summed E-state index contributed by atoms with van der Waals surface area (Å²) in [4.78, 5) is 0. The van der Waals surface area contributed by atoms with Gasteiger partial charge in [0.15, 0.2) is 0 Å². The molecule has 0 heterocycles. The van der Waals surface area contributed by atoms with Gasteiger partial charge in [-0.25, -0.2) is 0 Å². The highest BCUT2D eigenvalue weighted by Crippen LogP contribution is 2.46. The highest BCUT2D eigenvalue weighted by Gasteiger charge is 2.46. The van der Waals surface area contributed by atoms with Gasteiger partial charge in [0, 0.05) is 19.8 Å². The van der Waals surface area contributed by atoms with Crippen molar-refractivity contribution >= 4 is 0 Å². The molecule has 0 bridgehead atoms. The summed E-state index contributed by atoms with van der Waals surface area (Å²) in [5, 5.41) is 0. The maximum Gasteiger partial charge on any atom is 0.0468 e. The monoisotopic (exact) mass is 129 g/mol. The second kappa shape index (κ2) is 2.27. The number of nitrogens with two attached hydrogens (primary N) is 1. The molecule has 0 saturated heterocycles. The Labute approximate surface area is 56.4 Å². The van der Waals surface area contributed by atoms with Crippen molar-refractivity contribution < 1.29 is 4.74 Å². The Morgan fingerprint density at radius 3 is 2.67 bits per heavy atom. The normalized spacial score (nSPS) is 41.0. The van der Waals surface area contributed by atoms with E-state index in [4.69, 9.17) is 10.5 Å². The van der Waals surface area contributed by atoms with Crippen LogP contribution in [0.3, 0.4) is 0 Å². The summed E-state index contributed by atoms with van der Waals surface area (Å²) < 4.78 is 4.95. The summed E-state index contributed by atoms with van der Waals surface area (Å²) in [5.41, 5.74) is 6.10. The zero-order valence-corrected chi connectivity index (χ0v) is 6.18. The van der Waals surface area contributed by atoms with Crippen LogP contribution in [-0.2, 0) is 4.74 Å². The fourth-order valence-corrected chi connectivity index (χ4v) is 1.07. The fraction of sp³-hybridized carbons (Fsp3) is 1.00. The molecule has 0 aromatic rings. The fourth-order valence-electron chi connectivity index (χ4n) is 1.07. The van der Waals surface area contributed by atoms with Crippen LogP contribution >= 0.6 is 0 Å². The van der Waals surface area contributed by atoms with E-state index in [9.17, 15) is 0 Å². The molecule has 1 aliphatic carbocycles. The van der Waals surface area contributed by atoms with E-state index in [1.165, 1.54) is 6.42 Å². The van der Waals surface area contributed by atoms with E-state index in [1.807, 2.05) is 0 Å². The van der Waals surface area contributed by atoms with Crippen molar-refractivity contribution in [3.05, 3.63) is 0 Å². The summed E-state index contributed by atoms with van der Waals surface area (Å²) in [6.45, 7) is 3.07. The third kappa shape index (κ3) is 1.43. The molecule has 0 spiro atoms. The Kier molecular flexibility index (Phi) is 1.78. The molecular weight excluding hydrogens is 114 g/mol. The summed E-state index contributed by atoms with van der Waals surface area (Å²) in [5.74, 6) is 0. The minimum Gasteiger partial charge on any atom is -0.385 e. The molecule has 2 nitrogen and oxygen atoms in total. The molecule has 1 fully saturated rings. The third-order valence-corrected chi connectivity index (χ3v) is 2.30. The molecule has 1 saturated carbocycles. The lowest BCUT2D eigenvalue weighted by molar-refractivity contribution is 0.175. The number of ether oxygens (including phenoxy) is 1. The van der Waals surface area contributed by atoms with Crippen molar-refractivity contribution in [2.75, 3.05) is 13.7 Å². The van der Waals surface area contributed by atoms with Crippen molar-refractivity contribution in [3.63, 3.8) is 0 Å². The first-order valence-corrected chi connectivity index (χ1v) is 3.43. The Balaban J connectivity index is 2.13. The number of hydrogen-bond donors (Lipinski definition) is 1. The predicted molar refractivity (Wildman–Crippen MR) is 37.2 cm³/mol. The van der Waals surface area contributed by atoms with Gasteiger partial charge < -0.3 is 10.5 Å². The molecule has 0 amide bonds. The highest BCUT2D eigenvalue weighted by molar-refractivity contribution is 5.02. The van der Waals surface area contributed by atoms with Crippen LogP contribution in [0.5, 0.6) is 0 Å². The molecule has 2 heteroatoms. The first-order valence-electron chi connectivity index (χ1n) is 3.43. The van der Waals surface area contributed by atoms with Crippen molar-refractivity contribution in [3.8, 4) is 0 Å². The van der Waals surface area contributed by atoms with E-state index in [1.54, 1.807) is 7.11 Å². The van der Waals surface area contributed by atoms with Crippen LogP contribution in [0.15, 0.2) is 0 Å². The summed E-state index contributed by atoms with van der Waals surface area (Å²) in [6, 6.07) is 0.438. The van der Waals surface area contributed by atoms with Gasteiger partial charge >= 0.3 is 0 Å². The molecule has 2 N–H and O–H groups in total. The highest BCUT2D eigenvalue weighted by atomic mass is 16.5. The SMILES string of the molecule is COCCC1(C)CC1N.